The number of aryl methyl sites for hydroxylation is 1. The minimum absolute atomic E-state index is 0.169. The van der Waals surface area contributed by atoms with Gasteiger partial charge in [0.15, 0.2) is 11.3 Å². The predicted octanol–water partition coefficient (Wildman–Crippen LogP) is 2.37. The van der Waals surface area contributed by atoms with E-state index in [9.17, 15) is 14.7 Å². The highest BCUT2D eigenvalue weighted by Gasteiger charge is 2.19. The Morgan fingerprint density at radius 2 is 1.79 bits per heavy atom. The summed E-state index contributed by atoms with van der Waals surface area (Å²) in [5, 5.41) is 27.8. The standard InChI is InChI=1S/C16H14N4O4/c1-9-14(8-18-24-9)15(22)13(7-17)16(23)20-12-5-3-11(4-6-12)19-10(2)21/h3-6,8,22H,1-2H3,(H,19,21)(H,20,23)/b15-13-. The molecule has 2 rings (SSSR count). The van der Waals surface area contributed by atoms with E-state index in [4.69, 9.17) is 9.78 Å². The number of nitrogens with zero attached hydrogens (tertiary/aromatic N) is 2. The zero-order valence-electron chi connectivity index (χ0n) is 13.0. The van der Waals surface area contributed by atoms with Gasteiger partial charge in [0.2, 0.25) is 5.91 Å². The molecule has 1 aromatic carbocycles. The third kappa shape index (κ3) is 3.78. The predicted molar refractivity (Wildman–Crippen MR) is 85.8 cm³/mol. The Kier molecular flexibility index (Phi) is 4.96. The summed E-state index contributed by atoms with van der Waals surface area (Å²) in [6, 6.07) is 7.96. The number of rotatable bonds is 4. The van der Waals surface area contributed by atoms with Crippen LogP contribution in [0.2, 0.25) is 0 Å². The molecule has 1 aromatic heterocycles. The minimum Gasteiger partial charge on any atom is -0.506 e. The Hall–Kier alpha value is -3.60. The van der Waals surface area contributed by atoms with Gasteiger partial charge in [-0.1, -0.05) is 5.16 Å². The molecule has 0 aliphatic heterocycles. The van der Waals surface area contributed by atoms with Crippen LogP contribution in [0.15, 0.2) is 40.6 Å². The lowest BCUT2D eigenvalue weighted by Gasteiger charge is -2.07. The second kappa shape index (κ2) is 7.11. The second-order valence-corrected chi connectivity index (χ2v) is 4.84. The van der Waals surface area contributed by atoms with Gasteiger partial charge < -0.3 is 20.3 Å². The van der Waals surface area contributed by atoms with Gasteiger partial charge in [-0.15, -0.1) is 0 Å². The van der Waals surface area contributed by atoms with Crippen LogP contribution < -0.4 is 10.6 Å². The van der Waals surface area contributed by atoms with Crippen LogP contribution in [-0.2, 0) is 9.59 Å². The van der Waals surface area contributed by atoms with Crippen molar-refractivity contribution in [3.05, 3.63) is 47.4 Å². The molecule has 1 heterocycles. The van der Waals surface area contributed by atoms with Gasteiger partial charge in [0.1, 0.15) is 11.8 Å². The number of carbonyl (C=O) groups excluding carboxylic acids is 2. The molecule has 0 saturated heterocycles. The summed E-state index contributed by atoms with van der Waals surface area (Å²) >= 11 is 0. The van der Waals surface area contributed by atoms with Gasteiger partial charge in [0.25, 0.3) is 5.91 Å². The average Bonchev–Trinajstić information content (AvgIpc) is 2.95. The van der Waals surface area contributed by atoms with Crippen LogP contribution >= 0.6 is 0 Å². The van der Waals surface area contributed by atoms with Crippen LogP contribution in [0, 0.1) is 18.3 Å². The van der Waals surface area contributed by atoms with E-state index in [1.165, 1.54) is 13.1 Å². The summed E-state index contributed by atoms with van der Waals surface area (Å²) in [6.45, 7) is 2.93. The van der Waals surface area contributed by atoms with Crippen molar-refractivity contribution in [1.82, 2.24) is 5.16 Å². The smallest absolute Gasteiger partial charge is 0.270 e. The number of aromatic nitrogens is 1. The van der Waals surface area contributed by atoms with Crippen molar-refractivity contribution in [2.24, 2.45) is 0 Å². The number of amides is 2. The Morgan fingerprint density at radius 3 is 2.25 bits per heavy atom. The lowest BCUT2D eigenvalue weighted by Crippen LogP contribution is -2.15. The van der Waals surface area contributed by atoms with Crippen molar-refractivity contribution in [3.63, 3.8) is 0 Å². The summed E-state index contributed by atoms with van der Waals surface area (Å²) in [7, 11) is 0. The normalized spacial score (nSPS) is 11.2. The molecule has 8 heteroatoms. The van der Waals surface area contributed by atoms with Gasteiger partial charge in [-0.05, 0) is 31.2 Å². The maximum Gasteiger partial charge on any atom is 0.270 e. The van der Waals surface area contributed by atoms with Gasteiger partial charge in [-0.3, -0.25) is 9.59 Å². The Morgan fingerprint density at radius 1 is 1.21 bits per heavy atom. The molecule has 3 N–H and O–H groups in total. The van der Waals surface area contributed by atoms with Crippen LogP contribution in [0.1, 0.15) is 18.2 Å². The van der Waals surface area contributed by atoms with Gasteiger partial charge in [0.05, 0.1) is 11.8 Å². The third-order valence-corrected chi connectivity index (χ3v) is 3.04. The van der Waals surface area contributed by atoms with Crippen LogP contribution in [0.3, 0.4) is 0 Å². The Balaban J connectivity index is 2.20. The van der Waals surface area contributed by atoms with Gasteiger partial charge in [-0.25, -0.2) is 0 Å². The highest BCUT2D eigenvalue weighted by Crippen LogP contribution is 2.21. The van der Waals surface area contributed by atoms with E-state index in [1.54, 1.807) is 37.3 Å². The Bertz CT molecular complexity index is 844. The topological polar surface area (TPSA) is 128 Å². The van der Waals surface area contributed by atoms with E-state index in [-0.39, 0.29) is 17.2 Å². The fourth-order valence-corrected chi connectivity index (χ4v) is 1.91. The monoisotopic (exact) mass is 326 g/mol. The third-order valence-electron chi connectivity index (χ3n) is 3.04. The molecule has 0 spiro atoms. The highest BCUT2D eigenvalue weighted by atomic mass is 16.5. The van der Waals surface area contributed by atoms with Crippen LogP contribution in [-0.4, -0.2) is 22.1 Å². The SMILES string of the molecule is CC(=O)Nc1ccc(NC(=O)/C(C#N)=C(\O)c2cnoc2C)cc1. The molecule has 0 bridgehead atoms. The maximum atomic E-state index is 12.2. The molecular weight excluding hydrogens is 312 g/mol. The molecule has 0 atom stereocenters. The molecule has 0 aliphatic rings. The lowest BCUT2D eigenvalue weighted by atomic mass is 10.1. The first-order valence-corrected chi connectivity index (χ1v) is 6.86. The zero-order chi connectivity index (χ0) is 17.7. The molecule has 0 radical (unpaired) electrons. The quantitative estimate of drug-likeness (QED) is 0.449. The molecule has 24 heavy (non-hydrogen) atoms. The fraction of sp³-hybridized carbons (Fsp3) is 0.125. The fourth-order valence-electron chi connectivity index (χ4n) is 1.91. The zero-order valence-corrected chi connectivity index (χ0v) is 13.0. The van der Waals surface area contributed by atoms with Crippen molar-refractivity contribution in [2.45, 2.75) is 13.8 Å². The van der Waals surface area contributed by atoms with Crippen molar-refractivity contribution < 1.29 is 19.2 Å². The van der Waals surface area contributed by atoms with E-state index in [0.29, 0.717) is 11.4 Å². The molecule has 8 nitrogen and oxygen atoms in total. The number of hydrogen-bond acceptors (Lipinski definition) is 6. The van der Waals surface area contributed by atoms with Gasteiger partial charge in [-0.2, -0.15) is 5.26 Å². The summed E-state index contributed by atoms with van der Waals surface area (Å²) in [5.74, 6) is -1.21. The molecular formula is C16H14N4O4. The maximum absolute atomic E-state index is 12.2. The molecule has 0 aliphatic carbocycles. The number of anilines is 2. The number of benzene rings is 1. The van der Waals surface area contributed by atoms with Gasteiger partial charge in [0, 0.05) is 18.3 Å². The summed E-state index contributed by atoms with van der Waals surface area (Å²) < 4.78 is 4.80. The van der Waals surface area contributed by atoms with Gasteiger partial charge >= 0.3 is 0 Å². The first-order chi connectivity index (χ1) is 11.4. The van der Waals surface area contributed by atoms with Crippen molar-refractivity contribution in [3.8, 4) is 6.07 Å². The number of nitrogens with one attached hydrogen (secondary N) is 2. The molecule has 2 aromatic rings. The van der Waals surface area contributed by atoms with Crippen LogP contribution in [0.5, 0.6) is 0 Å². The first-order valence-electron chi connectivity index (χ1n) is 6.86. The first kappa shape index (κ1) is 16.8. The van der Waals surface area contributed by atoms with E-state index in [2.05, 4.69) is 15.8 Å². The average molecular weight is 326 g/mol. The highest BCUT2D eigenvalue weighted by molar-refractivity contribution is 6.11. The molecule has 2 amide bonds. The summed E-state index contributed by atoms with van der Waals surface area (Å²) in [5.41, 5.74) is 0.672. The molecule has 122 valence electrons. The van der Waals surface area contributed by atoms with E-state index in [1.807, 2.05) is 0 Å². The summed E-state index contributed by atoms with van der Waals surface area (Å²) in [4.78, 5) is 23.1. The van der Waals surface area contributed by atoms with E-state index >= 15 is 0 Å². The minimum atomic E-state index is -0.775. The van der Waals surface area contributed by atoms with Crippen molar-refractivity contribution >= 4 is 28.9 Å². The van der Waals surface area contributed by atoms with Crippen molar-refractivity contribution in [2.75, 3.05) is 10.6 Å². The van der Waals surface area contributed by atoms with Crippen LogP contribution in [0.25, 0.3) is 5.76 Å². The largest absolute Gasteiger partial charge is 0.506 e. The number of aliphatic hydroxyl groups excluding tert-OH is 1. The Labute approximate surface area is 137 Å². The van der Waals surface area contributed by atoms with Crippen LogP contribution in [0.4, 0.5) is 11.4 Å². The van der Waals surface area contributed by atoms with Crippen molar-refractivity contribution in [1.29, 1.82) is 5.26 Å². The lowest BCUT2D eigenvalue weighted by molar-refractivity contribution is -0.114. The number of carbonyl (C=O) groups is 2. The second-order valence-electron chi connectivity index (χ2n) is 4.84. The number of aliphatic hydroxyl groups is 1. The number of hydrogen-bond donors (Lipinski definition) is 3. The number of nitriles is 1. The summed E-state index contributed by atoms with van der Waals surface area (Å²) in [6.07, 6.45) is 1.22. The molecule has 0 saturated carbocycles. The molecule has 0 fully saturated rings. The van der Waals surface area contributed by atoms with E-state index in [0.717, 1.165) is 0 Å². The molecule has 0 unspecified atom stereocenters. The van der Waals surface area contributed by atoms with E-state index < -0.39 is 17.2 Å².